The van der Waals surface area contributed by atoms with Crippen molar-refractivity contribution < 1.29 is 15.0 Å². The van der Waals surface area contributed by atoms with Crippen LogP contribution in [0.4, 0.5) is 0 Å². The first-order valence-corrected chi connectivity index (χ1v) is 4.76. The molecule has 0 aromatic rings. The largest absolute Gasteiger partial charge is 0.481 e. The van der Waals surface area contributed by atoms with E-state index >= 15 is 0 Å². The van der Waals surface area contributed by atoms with Gasteiger partial charge in [-0.05, 0) is 20.8 Å². The van der Waals surface area contributed by atoms with E-state index in [-0.39, 0.29) is 0 Å². The molecule has 0 aliphatic carbocycles. The van der Waals surface area contributed by atoms with Gasteiger partial charge in [0.25, 0.3) is 0 Å². The summed E-state index contributed by atoms with van der Waals surface area (Å²) in [7, 11) is 0. The van der Waals surface area contributed by atoms with Crippen LogP contribution in [-0.4, -0.2) is 25.8 Å². The summed E-state index contributed by atoms with van der Waals surface area (Å²) < 4.78 is 0.389. The van der Waals surface area contributed by atoms with Crippen LogP contribution in [0.1, 0.15) is 20.8 Å². The van der Waals surface area contributed by atoms with Crippen LogP contribution in [0, 0.1) is 5.41 Å². The lowest BCUT2D eigenvalue weighted by molar-refractivity contribution is -0.152. The fourth-order valence-corrected chi connectivity index (χ4v) is 0.179. The maximum absolute atomic E-state index is 10.3. The fourth-order valence-electron chi connectivity index (χ4n) is 0.179. The minimum absolute atomic E-state index is 0.389. The van der Waals surface area contributed by atoms with Crippen LogP contribution in [0.25, 0.3) is 0 Å². The molecule has 13 heavy (non-hydrogen) atoms. The number of hydrogen-bond acceptors (Lipinski definition) is 3. The Morgan fingerprint density at radius 1 is 1.46 bits per heavy atom. The fraction of sp³-hybridized carbons (Fsp3) is 0.714. The Morgan fingerprint density at radius 3 is 1.69 bits per heavy atom. The second kappa shape index (κ2) is 6.64. The lowest BCUT2D eigenvalue weighted by Crippen LogP contribution is -2.34. The van der Waals surface area contributed by atoms with Gasteiger partial charge in [0.05, 0.1) is 15.0 Å². The first-order chi connectivity index (χ1) is 5.62. The smallest absolute Gasteiger partial charge is 0.311 e. The molecule has 0 spiro atoms. The van der Waals surface area contributed by atoms with Gasteiger partial charge in [-0.25, -0.2) is 0 Å². The summed E-state index contributed by atoms with van der Waals surface area (Å²) in [5.74, 6) is -0.975. The van der Waals surface area contributed by atoms with Crippen LogP contribution in [0.5, 0.6) is 0 Å². The van der Waals surface area contributed by atoms with Gasteiger partial charge in [-0.3, -0.25) is 4.79 Å². The molecule has 1 unspecified atom stereocenters. The Hall–Kier alpha value is 0.220. The minimum atomic E-state index is -1.03. The lowest BCUT2D eigenvalue weighted by Gasteiger charge is -2.21. The summed E-state index contributed by atoms with van der Waals surface area (Å²) in [6.07, 6.45) is -0.810. The molecule has 78 valence electrons. The molecule has 0 saturated heterocycles. The third-order valence-corrected chi connectivity index (χ3v) is 1.60. The molecular weight excluding hydrogens is 228 g/mol. The van der Waals surface area contributed by atoms with Crippen molar-refractivity contribution in [1.29, 1.82) is 0 Å². The predicted octanol–water partition coefficient (Wildman–Crippen LogP) is 1.61. The van der Waals surface area contributed by atoms with Gasteiger partial charge in [0.15, 0.2) is 0 Å². The Kier molecular flexibility index (Phi) is 8.01. The topological polar surface area (TPSA) is 57.5 Å². The van der Waals surface area contributed by atoms with Crippen LogP contribution in [0.2, 0.25) is 0 Å². The predicted molar refractivity (Wildman–Crippen MR) is 63.7 cm³/mol. The quantitative estimate of drug-likeness (QED) is 0.439. The van der Waals surface area contributed by atoms with Crippen molar-refractivity contribution in [3.05, 3.63) is 0 Å². The Morgan fingerprint density at radius 2 is 1.69 bits per heavy atom. The number of carbonyl (C=O) groups is 1. The SMILES string of the molecule is CC(O)C(C)(C)C(=O)O.S=C(S)S. The van der Waals surface area contributed by atoms with Crippen molar-refractivity contribution in [2.24, 2.45) is 5.41 Å². The first-order valence-electron chi connectivity index (χ1n) is 3.45. The lowest BCUT2D eigenvalue weighted by atomic mass is 9.88. The van der Waals surface area contributed by atoms with Gasteiger partial charge in [-0.2, -0.15) is 0 Å². The molecule has 0 saturated carbocycles. The summed E-state index contributed by atoms with van der Waals surface area (Å²) in [5, 5.41) is 17.3. The third-order valence-electron chi connectivity index (χ3n) is 1.60. The van der Waals surface area contributed by atoms with Crippen molar-refractivity contribution in [3.63, 3.8) is 0 Å². The standard InChI is InChI=1S/C6H12O3.CH2S3/c1-4(7)6(2,3)5(8)9;2-1(3)4/h4,7H,1-3H3,(H,8,9);(H2,2,3,4). The molecule has 0 bridgehead atoms. The average Bonchev–Trinajstić information content (AvgIpc) is 1.85. The Labute approximate surface area is 94.4 Å². The molecule has 0 aromatic carbocycles. The van der Waals surface area contributed by atoms with E-state index in [0.717, 1.165) is 0 Å². The second-order valence-corrected chi connectivity index (χ2v) is 5.25. The van der Waals surface area contributed by atoms with Crippen molar-refractivity contribution in [3.8, 4) is 0 Å². The molecule has 0 aliphatic heterocycles. The van der Waals surface area contributed by atoms with Crippen LogP contribution in [0.3, 0.4) is 0 Å². The number of carboxylic acid groups (broad SMARTS) is 1. The number of rotatable bonds is 2. The van der Waals surface area contributed by atoms with Crippen LogP contribution < -0.4 is 0 Å². The number of aliphatic hydroxyl groups is 1. The van der Waals surface area contributed by atoms with Gasteiger partial charge < -0.3 is 10.2 Å². The average molecular weight is 242 g/mol. The van der Waals surface area contributed by atoms with Crippen LogP contribution >= 0.6 is 37.5 Å². The molecule has 0 heterocycles. The zero-order valence-electron chi connectivity index (χ0n) is 7.68. The van der Waals surface area contributed by atoms with E-state index in [9.17, 15) is 4.79 Å². The zero-order chi connectivity index (χ0) is 11.2. The maximum atomic E-state index is 10.3. The van der Waals surface area contributed by atoms with Gasteiger partial charge in [-0.1, -0.05) is 12.2 Å². The van der Waals surface area contributed by atoms with E-state index in [4.69, 9.17) is 10.2 Å². The van der Waals surface area contributed by atoms with Crippen molar-refractivity contribution in [2.45, 2.75) is 26.9 Å². The van der Waals surface area contributed by atoms with Gasteiger partial charge in [0.1, 0.15) is 0 Å². The van der Waals surface area contributed by atoms with Gasteiger partial charge in [0.2, 0.25) is 0 Å². The summed E-state index contributed by atoms with van der Waals surface area (Å²) in [6.45, 7) is 4.44. The molecule has 1 atom stereocenters. The van der Waals surface area contributed by atoms with Gasteiger partial charge >= 0.3 is 5.97 Å². The number of thiol groups is 2. The number of aliphatic carboxylic acids is 1. The molecule has 0 amide bonds. The monoisotopic (exact) mass is 242 g/mol. The van der Waals surface area contributed by atoms with E-state index in [1.54, 1.807) is 0 Å². The highest BCUT2D eigenvalue weighted by Gasteiger charge is 2.32. The Balaban J connectivity index is 0. The zero-order valence-corrected chi connectivity index (χ0v) is 10.3. The first kappa shape index (κ1) is 15.7. The Bertz CT molecular complexity index is 185. The highest BCUT2D eigenvalue weighted by Crippen LogP contribution is 2.19. The second-order valence-electron chi connectivity index (χ2n) is 2.99. The molecule has 0 fully saturated rings. The molecule has 0 rings (SSSR count). The number of aliphatic hydroxyl groups excluding tert-OH is 1. The van der Waals surface area contributed by atoms with Gasteiger partial charge in [-0.15, -0.1) is 25.3 Å². The van der Waals surface area contributed by atoms with E-state index in [2.05, 4.69) is 37.5 Å². The summed E-state index contributed by atoms with van der Waals surface area (Å²) >= 11 is 11.4. The molecule has 2 N–H and O–H groups in total. The molecular formula is C7H14O3S3. The van der Waals surface area contributed by atoms with E-state index in [1.165, 1.54) is 20.8 Å². The molecule has 0 aliphatic rings. The number of hydrogen-bond donors (Lipinski definition) is 4. The highest BCUT2D eigenvalue weighted by molar-refractivity contribution is 8.34. The summed E-state index contributed by atoms with van der Waals surface area (Å²) in [4.78, 5) is 10.3. The van der Waals surface area contributed by atoms with E-state index < -0.39 is 17.5 Å². The normalized spacial score (nSPS) is 12.5. The highest BCUT2D eigenvalue weighted by atomic mass is 32.2. The summed E-state index contributed by atoms with van der Waals surface area (Å²) in [6, 6.07) is 0. The van der Waals surface area contributed by atoms with Crippen molar-refractivity contribution in [2.75, 3.05) is 0 Å². The molecule has 0 aromatic heterocycles. The molecule has 6 heteroatoms. The maximum Gasteiger partial charge on any atom is 0.311 e. The summed E-state index contributed by atoms with van der Waals surface area (Å²) in [5.41, 5.74) is -1.03. The molecule has 0 radical (unpaired) electrons. The van der Waals surface area contributed by atoms with E-state index in [0.29, 0.717) is 3.53 Å². The van der Waals surface area contributed by atoms with Crippen molar-refractivity contribution in [1.82, 2.24) is 0 Å². The number of thiocarbonyl (C=S) groups is 1. The third kappa shape index (κ3) is 8.55. The van der Waals surface area contributed by atoms with Crippen LogP contribution in [0.15, 0.2) is 0 Å². The van der Waals surface area contributed by atoms with Crippen LogP contribution in [-0.2, 0) is 4.79 Å². The van der Waals surface area contributed by atoms with Crippen molar-refractivity contribution >= 4 is 47.0 Å². The number of carboxylic acids is 1. The minimum Gasteiger partial charge on any atom is -0.481 e. The van der Waals surface area contributed by atoms with Gasteiger partial charge in [0, 0.05) is 0 Å². The van der Waals surface area contributed by atoms with E-state index in [1.807, 2.05) is 0 Å². The molecule has 3 nitrogen and oxygen atoms in total.